The standard InChI is InChI=1S/C20H19N3O3/c1-23(2)20(26)13-7-9-18(24)17(11-13)22-19(25)10-8-14-12-21-16-6-4-3-5-15(14)16/h3-12,21,24H,1-2H3,(H,22,25)/b10-8+. The first-order valence-corrected chi connectivity index (χ1v) is 8.05. The van der Waals surface area contributed by atoms with E-state index in [-0.39, 0.29) is 17.3 Å². The second-order valence-electron chi connectivity index (χ2n) is 6.04. The van der Waals surface area contributed by atoms with E-state index in [1.54, 1.807) is 20.2 Å². The molecule has 6 nitrogen and oxygen atoms in total. The maximum absolute atomic E-state index is 12.2. The number of carbonyl (C=O) groups is 2. The Morgan fingerprint density at radius 1 is 1.15 bits per heavy atom. The lowest BCUT2D eigenvalue weighted by Crippen LogP contribution is -2.21. The highest BCUT2D eigenvalue weighted by Crippen LogP contribution is 2.25. The highest BCUT2D eigenvalue weighted by atomic mass is 16.3. The van der Waals surface area contributed by atoms with E-state index >= 15 is 0 Å². The number of hydrogen-bond acceptors (Lipinski definition) is 3. The Hall–Kier alpha value is -3.54. The SMILES string of the molecule is CN(C)C(=O)c1ccc(O)c(NC(=O)/C=C/c2c[nH]c3ccccc23)c1. The number of phenols is 1. The van der Waals surface area contributed by atoms with Gasteiger partial charge in [0.15, 0.2) is 0 Å². The molecule has 0 unspecified atom stereocenters. The van der Waals surface area contributed by atoms with Crippen LogP contribution in [0, 0.1) is 0 Å². The van der Waals surface area contributed by atoms with Crippen LogP contribution in [0.1, 0.15) is 15.9 Å². The summed E-state index contributed by atoms with van der Waals surface area (Å²) in [7, 11) is 3.27. The van der Waals surface area contributed by atoms with E-state index in [0.29, 0.717) is 5.56 Å². The molecule has 0 atom stereocenters. The Morgan fingerprint density at radius 3 is 2.69 bits per heavy atom. The summed E-state index contributed by atoms with van der Waals surface area (Å²) in [5.41, 5.74) is 2.44. The molecule has 0 aliphatic carbocycles. The number of aromatic hydroxyl groups is 1. The monoisotopic (exact) mass is 349 g/mol. The van der Waals surface area contributed by atoms with Gasteiger partial charge in [0.25, 0.3) is 5.91 Å². The van der Waals surface area contributed by atoms with Gasteiger partial charge in [0.2, 0.25) is 5.91 Å². The number of carbonyl (C=O) groups excluding carboxylic acids is 2. The van der Waals surface area contributed by atoms with E-state index < -0.39 is 5.91 Å². The number of fused-ring (bicyclic) bond motifs is 1. The zero-order valence-electron chi connectivity index (χ0n) is 14.5. The van der Waals surface area contributed by atoms with Crippen LogP contribution in [0.2, 0.25) is 0 Å². The molecule has 3 rings (SSSR count). The van der Waals surface area contributed by atoms with Crippen molar-refractivity contribution in [3.63, 3.8) is 0 Å². The van der Waals surface area contributed by atoms with Crippen molar-refractivity contribution >= 4 is 34.5 Å². The van der Waals surface area contributed by atoms with E-state index in [9.17, 15) is 14.7 Å². The topological polar surface area (TPSA) is 85.4 Å². The molecular formula is C20H19N3O3. The first-order valence-electron chi connectivity index (χ1n) is 8.05. The zero-order chi connectivity index (χ0) is 18.7. The number of anilines is 1. The minimum absolute atomic E-state index is 0.103. The number of para-hydroxylation sites is 1. The van der Waals surface area contributed by atoms with Crippen molar-refractivity contribution in [1.29, 1.82) is 0 Å². The summed E-state index contributed by atoms with van der Waals surface area (Å²) >= 11 is 0. The Morgan fingerprint density at radius 2 is 1.92 bits per heavy atom. The molecule has 6 heteroatoms. The molecule has 0 fully saturated rings. The second kappa shape index (κ2) is 7.14. The van der Waals surface area contributed by atoms with Crippen LogP contribution in [-0.2, 0) is 4.79 Å². The van der Waals surface area contributed by atoms with Gasteiger partial charge in [0, 0.05) is 42.8 Å². The molecule has 2 aromatic carbocycles. The zero-order valence-corrected chi connectivity index (χ0v) is 14.5. The van der Waals surface area contributed by atoms with Gasteiger partial charge in [-0.25, -0.2) is 0 Å². The van der Waals surface area contributed by atoms with Crippen LogP contribution in [0.15, 0.2) is 54.7 Å². The van der Waals surface area contributed by atoms with Gasteiger partial charge >= 0.3 is 0 Å². The Bertz CT molecular complexity index is 1000. The molecule has 26 heavy (non-hydrogen) atoms. The lowest BCUT2D eigenvalue weighted by Gasteiger charge is -2.12. The average molecular weight is 349 g/mol. The van der Waals surface area contributed by atoms with Crippen LogP contribution in [0.3, 0.4) is 0 Å². The fourth-order valence-electron chi connectivity index (χ4n) is 2.60. The number of nitrogens with zero attached hydrogens (tertiary/aromatic N) is 1. The van der Waals surface area contributed by atoms with Crippen LogP contribution in [0.5, 0.6) is 5.75 Å². The van der Waals surface area contributed by atoms with E-state index in [1.165, 1.54) is 29.2 Å². The van der Waals surface area contributed by atoms with E-state index in [1.807, 2.05) is 30.5 Å². The van der Waals surface area contributed by atoms with Gasteiger partial charge in [-0.1, -0.05) is 18.2 Å². The maximum atomic E-state index is 12.2. The van der Waals surface area contributed by atoms with Crippen molar-refractivity contribution in [3.05, 3.63) is 65.9 Å². The number of H-pyrrole nitrogens is 1. The molecule has 0 aliphatic rings. The number of rotatable bonds is 4. The smallest absolute Gasteiger partial charge is 0.253 e. The van der Waals surface area contributed by atoms with Gasteiger partial charge in [-0.15, -0.1) is 0 Å². The van der Waals surface area contributed by atoms with Crippen molar-refractivity contribution in [2.75, 3.05) is 19.4 Å². The Kier molecular flexibility index (Phi) is 4.75. The molecule has 1 aromatic heterocycles. The summed E-state index contributed by atoms with van der Waals surface area (Å²) in [6, 6.07) is 12.1. The summed E-state index contributed by atoms with van der Waals surface area (Å²) in [5.74, 6) is -0.719. The van der Waals surface area contributed by atoms with E-state index in [0.717, 1.165) is 16.5 Å². The fourth-order valence-corrected chi connectivity index (χ4v) is 2.60. The molecule has 2 amide bonds. The summed E-state index contributed by atoms with van der Waals surface area (Å²) in [4.78, 5) is 28.8. The third-order valence-corrected chi connectivity index (χ3v) is 3.94. The number of benzene rings is 2. The predicted octanol–water partition coefficient (Wildman–Crippen LogP) is 3.23. The molecule has 1 heterocycles. The number of phenolic OH excluding ortho intramolecular Hbond substituents is 1. The number of amides is 2. The number of aromatic nitrogens is 1. The Balaban J connectivity index is 1.77. The first-order chi connectivity index (χ1) is 12.5. The largest absolute Gasteiger partial charge is 0.506 e. The quantitative estimate of drug-likeness (QED) is 0.499. The minimum Gasteiger partial charge on any atom is -0.506 e. The summed E-state index contributed by atoms with van der Waals surface area (Å²) in [6.45, 7) is 0. The van der Waals surface area contributed by atoms with Crippen LogP contribution >= 0.6 is 0 Å². The number of aromatic amines is 1. The van der Waals surface area contributed by atoms with E-state index in [4.69, 9.17) is 0 Å². The maximum Gasteiger partial charge on any atom is 0.253 e. The average Bonchev–Trinajstić information content (AvgIpc) is 3.04. The molecule has 3 N–H and O–H groups in total. The summed E-state index contributed by atoms with van der Waals surface area (Å²) in [5, 5.41) is 13.5. The normalized spacial score (nSPS) is 11.0. The second-order valence-corrected chi connectivity index (χ2v) is 6.04. The van der Waals surface area contributed by atoms with E-state index in [2.05, 4.69) is 10.3 Å². The minimum atomic E-state index is -0.403. The molecule has 0 spiro atoms. The molecule has 132 valence electrons. The molecule has 0 saturated carbocycles. The van der Waals surface area contributed by atoms with Crippen LogP contribution < -0.4 is 5.32 Å². The molecular weight excluding hydrogens is 330 g/mol. The molecule has 3 aromatic rings. The van der Waals surface area contributed by atoms with Gasteiger partial charge in [0.05, 0.1) is 5.69 Å². The molecule has 0 bridgehead atoms. The number of nitrogens with one attached hydrogen (secondary N) is 2. The fraction of sp³-hybridized carbons (Fsp3) is 0.100. The van der Waals surface area contributed by atoms with Crippen LogP contribution in [-0.4, -0.2) is 40.9 Å². The van der Waals surface area contributed by atoms with Crippen molar-refractivity contribution in [2.45, 2.75) is 0 Å². The Labute approximate surface area is 150 Å². The number of hydrogen-bond donors (Lipinski definition) is 3. The van der Waals surface area contributed by atoms with Gasteiger partial charge in [-0.3, -0.25) is 9.59 Å². The van der Waals surface area contributed by atoms with Gasteiger partial charge in [0.1, 0.15) is 5.75 Å². The lowest BCUT2D eigenvalue weighted by atomic mass is 10.1. The molecule has 0 aliphatic heterocycles. The van der Waals surface area contributed by atoms with Crippen molar-refractivity contribution in [3.8, 4) is 5.75 Å². The van der Waals surface area contributed by atoms with Crippen LogP contribution in [0.25, 0.3) is 17.0 Å². The highest BCUT2D eigenvalue weighted by Gasteiger charge is 2.12. The summed E-state index contributed by atoms with van der Waals surface area (Å²) < 4.78 is 0. The van der Waals surface area contributed by atoms with Crippen molar-refractivity contribution in [1.82, 2.24) is 9.88 Å². The summed E-state index contributed by atoms with van der Waals surface area (Å²) in [6.07, 6.45) is 4.90. The van der Waals surface area contributed by atoms with Crippen molar-refractivity contribution in [2.24, 2.45) is 0 Å². The van der Waals surface area contributed by atoms with Gasteiger partial charge < -0.3 is 20.3 Å². The third-order valence-electron chi connectivity index (χ3n) is 3.94. The first kappa shape index (κ1) is 17.3. The predicted molar refractivity (Wildman–Crippen MR) is 102 cm³/mol. The molecule has 0 saturated heterocycles. The van der Waals surface area contributed by atoms with Crippen molar-refractivity contribution < 1.29 is 14.7 Å². The van der Waals surface area contributed by atoms with Gasteiger partial charge in [-0.2, -0.15) is 0 Å². The van der Waals surface area contributed by atoms with Gasteiger partial charge in [-0.05, 0) is 35.9 Å². The third kappa shape index (κ3) is 3.59. The van der Waals surface area contributed by atoms with Crippen LogP contribution in [0.4, 0.5) is 5.69 Å². The molecule has 0 radical (unpaired) electrons. The lowest BCUT2D eigenvalue weighted by molar-refractivity contribution is -0.111. The highest BCUT2D eigenvalue weighted by molar-refractivity contribution is 6.05.